The molecule has 0 radical (unpaired) electrons. The van der Waals surface area contributed by atoms with Crippen LogP contribution in [-0.4, -0.2) is 71.4 Å². The number of hydrogen-bond acceptors (Lipinski definition) is 6. The summed E-state index contributed by atoms with van der Waals surface area (Å²) in [5.41, 5.74) is 5.94. The van der Waals surface area contributed by atoms with Crippen molar-refractivity contribution in [2.75, 3.05) is 44.7 Å². The average molecular weight is 509 g/mol. The highest BCUT2D eigenvalue weighted by Gasteiger charge is 2.39. The van der Waals surface area contributed by atoms with E-state index in [1.165, 1.54) is 17.3 Å². The van der Waals surface area contributed by atoms with Gasteiger partial charge in [0.15, 0.2) is 5.17 Å². The predicted octanol–water partition coefficient (Wildman–Crippen LogP) is 4.60. The van der Waals surface area contributed by atoms with Gasteiger partial charge in [0.05, 0.1) is 18.9 Å². The van der Waals surface area contributed by atoms with Gasteiger partial charge in [0.1, 0.15) is 5.25 Å². The summed E-state index contributed by atoms with van der Waals surface area (Å²) in [5, 5.41) is 3.22. The molecule has 0 aromatic heterocycles. The molecule has 1 N–H and O–H groups in total. The largest absolute Gasteiger partial charge is 0.379 e. The molecule has 1 atom stereocenters. The number of carbonyl (C=O) groups is 2. The minimum Gasteiger partial charge on any atom is -0.379 e. The van der Waals surface area contributed by atoms with E-state index in [-0.39, 0.29) is 18.2 Å². The fraction of sp³-hybridized carbons (Fsp3) is 0.464. The quantitative estimate of drug-likeness (QED) is 0.564. The monoisotopic (exact) mass is 508 g/mol. The lowest BCUT2D eigenvalue weighted by atomic mass is 10.1. The van der Waals surface area contributed by atoms with Gasteiger partial charge in [-0.1, -0.05) is 47.7 Å². The van der Waals surface area contributed by atoms with Crippen molar-refractivity contribution in [1.82, 2.24) is 9.80 Å². The highest BCUT2D eigenvalue weighted by molar-refractivity contribution is 8.15. The maximum absolute atomic E-state index is 13.5. The zero-order valence-corrected chi connectivity index (χ0v) is 22.5. The van der Waals surface area contributed by atoms with Crippen LogP contribution in [0.1, 0.15) is 35.1 Å². The Morgan fingerprint density at radius 1 is 1.06 bits per heavy atom. The number of anilines is 1. The molecule has 0 unspecified atom stereocenters. The van der Waals surface area contributed by atoms with Crippen LogP contribution < -0.4 is 5.32 Å². The molecule has 2 amide bonds. The zero-order chi connectivity index (χ0) is 25.7. The SMILES string of the molecule is Cc1ccc(N=C2S[C@H](CC(=O)Nc3c(C)cccc3C)C(=O)N2CCCN2CCOCC2)c(C)c1. The van der Waals surface area contributed by atoms with Crippen LogP contribution >= 0.6 is 11.8 Å². The number of aryl methyl sites for hydroxylation is 4. The van der Waals surface area contributed by atoms with Crippen LogP contribution in [0.4, 0.5) is 11.4 Å². The number of nitrogens with zero attached hydrogens (tertiary/aromatic N) is 3. The summed E-state index contributed by atoms with van der Waals surface area (Å²) < 4.78 is 5.44. The number of rotatable bonds is 8. The lowest BCUT2D eigenvalue weighted by Crippen LogP contribution is -2.39. The molecule has 0 aliphatic carbocycles. The molecule has 2 aromatic rings. The van der Waals surface area contributed by atoms with Crippen LogP contribution in [0.25, 0.3) is 0 Å². The lowest BCUT2D eigenvalue weighted by Gasteiger charge is -2.27. The normalized spacial score (nSPS) is 19.8. The molecule has 192 valence electrons. The second-order valence-corrected chi connectivity index (χ2v) is 10.8. The molecule has 2 saturated heterocycles. The van der Waals surface area contributed by atoms with Crippen molar-refractivity contribution in [1.29, 1.82) is 0 Å². The van der Waals surface area contributed by atoms with E-state index in [4.69, 9.17) is 9.73 Å². The Kier molecular flexibility index (Phi) is 8.82. The van der Waals surface area contributed by atoms with Crippen molar-refractivity contribution < 1.29 is 14.3 Å². The topological polar surface area (TPSA) is 74.2 Å². The third-order valence-electron chi connectivity index (χ3n) is 6.66. The fourth-order valence-corrected chi connectivity index (χ4v) is 5.79. The first-order valence-electron chi connectivity index (χ1n) is 12.6. The van der Waals surface area contributed by atoms with Crippen molar-refractivity contribution >= 4 is 40.1 Å². The number of nitrogens with one attached hydrogen (secondary N) is 1. The number of thioether (sulfide) groups is 1. The minimum atomic E-state index is -0.484. The molecule has 2 aromatic carbocycles. The molecule has 2 heterocycles. The summed E-state index contributed by atoms with van der Waals surface area (Å²) in [7, 11) is 0. The van der Waals surface area contributed by atoms with Crippen LogP contribution in [0, 0.1) is 27.7 Å². The van der Waals surface area contributed by atoms with Gasteiger partial charge in [-0.3, -0.25) is 19.4 Å². The van der Waals surface area contributed by atoms with E-state index in [1.54, 1.807) is 4.90 Å². The van der Waals surface area contributed by atoms with E-state index in [9.17, 15) is 9.59 Å². The van der Waals surface area contributed by atoms with Crippen LogP contribution in [0.3, 0.4) is 0 Å². The van der Waals surface area contributed by atoms with E-state index in [0.29, 0.717) is 11.7 Å². The van der Waals surface area contributed by atoms with Gasteiger partial charge in [-0.2, -0.15) is 0 Å². The highest BCUT2D eigenvalue weighted by Crippen LogP contribution is 2.33. The summed E-state index contributed by atoms with van der Waals surface area (Å²) in [4.78, 5) is 35.4. The van der Waals surface area contributed by atoms with E-state index in [0.717, 1.165) is 67.3 Å². The maximum atomic E-state index is 13.5. The van der Waals surface area contributed by atoms with Crippen molar-refractivity contribution in [2.24, 2.45) is 4.99 Å². The number of morpholine rings is 1. The summed E-state index contributed by atoms with van der Waals surface area (Å²) >= 11 is 1.40. The number of hydrogen-bond donors (Lipinski definition) is 1. The Morgan fingerprint density at radius 3 is 2.47 bits per heavy atom. The number of ether oxygens (including phenoxy) is 1. The van der Waals surface area contributed by atoms with Crippen molar-refractivity contribution in [3.05, 3.63) is 58.7 Å². The van der Waals surface area contributed by atoms with E-state index in [1.807, 2.05) is 51.1 Å². The summed E-state index contributed by atoms with van der Waals surface area (Å²) in [5.74, 6) is -0.193. The molecule has 7 nitrogen and oxygen atoms in total. The van der Waals surface area contributed by atoms with Crippen molar-refractivity contribution in [3.63, 3.8) is 0 Å². The van der Waals surface area contributed by atoms with E-state index in [2.05, 4.69) is 23.2 Å². The predicted molar refractivity (Wildman–Crippen MR) is 147 cm³/mol. The van der Waals surface area contributed by atoms with Crippen LogP contribution in [-0.2, 0) is 14.3 Å². The number of benzene rings is 2. The number of amides is 2. The Labute approximate surface area is 218 Å². The average Bonchev–Trinajstić information content (AvgIpc) is 3.13. The standard InChI is InChI=1S/C28H36N4O3S/c1-19-9-10-23(22(4)17-19)29-28-32(12-6-11-31-13-15-35-16-14-31)27(34)24(36-28)18-25(33)30-26-20(2)7-5-8-21(26)3/h5,7-10,17,24H,6,11-16,18H2,1-4H3,(H,30,33)/t24-/m1/s1. The van der Waals surface area contributed by atoms with Gasteiger partial charge >= 0.3 is 0 Å². The molecule has 0 bridgehead atoms. The molecular weight excluding hydrogens is 472 g/mol. The third-order valence-corrected chi connectivity index (χ3v) is 7.84. The van der Waals surface area contributed by atoms with Crippen LogP contribution in [0.2, 0.25) is 0 Å². The lowest BCUT2D eigenvalue weighted by molar-refractivity contribution is -0.128. The Morgan fingerprint density at radius 2 is 1.78 bits per heavy atom. The second kappa shape index (κ2) is 12.0. The van der Waals surface area contributed by atoms with Crippen LogP contribution in [0.15, 0.2) is 41.4 Å². The first-order valence-corrected chi connectivity index (χ1v) is 13.5. The number of aliphatic imine (C=N–C) groups is 1. The fourth-order valence-electron chi connectivity index (χ4n) is 4.61. The van der Waals surface area contributed by atoms with E-state index >= 15 is 0 Å². The van der Waals surface area contributed by atoms with E-state index < -0.39 is 5.25 Å². The summed E-state index contributed by atoms with van der Waals surface area (Å²) in [6.45, 7) is 12.9. The first-order chi connectivity index (χ1) is 17.3. The van der Waals surface area contributed by atoms with Gasteiger partial charge in [-0.25, -0.2) is 4.99 Å². The van der Waals surface area contributed by atoms with Gasteiger partial charge in [-0.15, -0.1) is 0 Å². The molecule has 0 spiro atoms. The van der Waals surface area contributed by atoms with Crippen molar-refractivity contribution in [3.8, 4) is 0 Å². The molecular formula is C28H36N4O3S. The zero-order valence-electron chi connectivity index (χ0n) is 21.7. The first kappa shape index (κ1) is 26.4. The molecule has 2 aliphatic rings. The number of carbonyl (C=O) groups excluding carboxylic acids is 2. The highest BCUT2D eigenvalue weighted by atomic mass is 32.2. The molecule has 2 aliphatic heterocycles. The molecule has 8 heteroatoms. The second-order valence-electron chi connectivity index (χ2n) is 9.61. The van der Waals surface area contributed by atoms with Gasteiger partial charge in [0.25, 0.3) is 0 Å². The Bertz CT molecular complexity index is 1120. The van der Waals surface area contributed by atoms with Gasteiger partial charge in [-0.05, 0) is 56.9 Å². The maximum Gasteiger partial charge on any atom is 0.242 e. The minimum absolute atomic E-state index is 0.0397. The molecule has 4 rings (SSSR count). The summed E-state index contributed by atoms with van der Waals surface area (Å²) in [6.07, 6.45) is 0.961. The molecule has 36 heavy (non-hydrogen) atoms. The van der Waals surface area contributed by atoms with Crippen LogP contribution in [0.5, 0.6) is 0 Å². The summed E-state index contributed by atoms with van der Waals surface area (Å²) in [6, 6.07) is 12.0. The van der Waals surface area contributed by atoms with Gasteiger partial charge in [0.2, 0.25) is 11.8 Å². The third kappa shape index (κ3) is 6.55. The smallest absolute Gasteiger partial charge is 0.242 e. The molecule has 0 saturated carbocycles. The molecule has 2 fully saturated rings. The van der Waals surface area contributed by atoms with Gasteiger partial charge < -0.3 is 10.1 Å². The Balaban J connectivity index is 1.48. The van der Waals surface area contributed by atoms with Gasteiger partial charge in [0, 0.05) is 38.3 Å². The number of para-hydroxylation sites is 1. The van der Waals surface area contributed by atoms with Crippen molar-refractivity contribution in [2.45, 2.75) is 45.8 Å². The number of amidine groups is 1. The Hall–Kier alpha value is -2.68.